The molecule has 0 unspecified atom stereocenters. The van der Waals surface area contributed by atoms with Crippen LogP contribution < -0.4 is 5.32 Å². The van der Waals surface area contributed by atoms with Gasteiger partial charge in [-0.05, 0) is 18.8 Å². The number of fused-ring (bicyclic) bond motifs is 1. The molecule has 0 radical (unpaired) electrons. The molecule has 1 aliphatic heterocycles. The summed E-state index contributed by atoms with van der Waals surface area (Å²) in [6.45, 7) is -0.126. The van der Waals surface area contributed by atoms with Crippen LogP contribution in [0.15, 0.2) is 17.5 Å². The third-order valence-electron chi connectivity index (χ3n) is 4.23. The number of aliphatic hydroxyl groups is 1. The summed E-state index contributed by atoms with van der Waals surface area (Å²) in [4.78, 5) is 25.3. The lowest BCUT2D eigenvalue weighted by Gasteiger charge is -2.14. The molecule has 12 heteroatoms. The number of halogens is 3. The minimum absolute atomic E-state index is 0.126. The fourth-order valence-corrected chi connectivity index (χ4v) is 2.90. The van der Waals surface area contributed by atoms with Gasteiger partial charge in [0.1, 0.15) is 18.2 Å². The molecule has 1 saturated heterocycles. The maximum atomic E-state index is 12.4. The number of aromatic nitrogens is 3. The van der Waals surface area contributed by atoms with Crippen molar-refractivity contribution in [2.45, 2.75) is 31.3 Å². The first-order valence-corrected chi connectivity index (χ1v) is 8.91. The Balaban J connectivity index is 2.05. The number of rotatable bonds is 4. The van der Waals surface area contributed by atoms with Crippen molar-refractivity contribution in [3.63, 3.8) is 0 Å². The highest BCUT2D eigenvalue weighted by atomic mass is 19.4. The molecule has 0 aliphatic carbocycles. The lowest BCUT2D eigenvalue weighted by molar-refractivity contribution is -0.172. The first kappa shape index (κ1) is 21.5. The molecular weight excluding hydrogens is 405 g/mol. The van der Waals surface area contributed by atoms with E-state index in [-0.39, 0.29) is 24.1 Å². The molecular formula is C18H19F3N6O3. The molecule has 2 N–H and O–H groups in total. The molecule has 0 bridgehead atoms. The van der Waals surface area contributed by atoms with Gasteiger partial charge in [0.25, 0.3) is 0 Å². The van der Waals surface area contributed by atoms with E-state index >= 15 is 0 Å². The third kappa shape index (κ3) is 4.69. The van der Waals surface area contributed by atoms with Gasteiger partial charge in [-0.3, -0.25) is 10.1 Å². The summed E-state index contributed by atoms with van der Waals surface area (Å²) < 4.78 is 44.6. The van der Waals surface area contributed by atoms with Crippen molar-refractivity contribution in [1.82, 2.24) is 24.8 Å². The summed E-state index contributed by atoms with van der Waals surface area (Å²) in [6, 6.07) is 2.03. The van der Waals surface area contributed by atoms with E-state index < -0.39 is 18.3 Å². The van der Waals surface area contributed by atoms with Crippen LogP contribution in [-0.4, -0.2) is 69.8 Å². The van der Waals surface area contributed by atoms with E-state index in [1.807, 2.05) is 6.04 Å². The SMILES string of the molecule is CN(C)C=Nc1ncnc2c1c(C#CNC(=O)C(F)(F)F)cn2[C@H]1CC[C@@H](CO)O1. The predicted molar refractivity (Wildman–Crippen MR) is 101 cm³/mol. The second-order valence-electron chi connectivity index (χ2n) is 6.73. The number of amides is 1. The number of carbonyl (C=O) groups excluding carboxylic acids is 1. The first-order valence-electron chi connectivity index (χ1n) is 8.91. The number of alkyl halides is 3. The molecule has 2 atom stereocenters. The highest BCUT2D eigenvalue weighted by molar-refractivity contribution is 5.93. The highest BCUT2D eigenvalue weighted by Gasteiger charge is 2.38. The summed E-state index contributed by atoms with van der Waals surface area (Å²) in [5, 5.41) is 11.2. The van der Waals surface area contributed by atoms with Crippen molar-refractivity contribution < 1.29 is 27.8 Å². The fraction of sp³-hybridized carbons (Fsp3) is 0.444. The van der Waals surface area contributed by atoms with Crippen LogP contribution in [0.25, 0.3) is 11.0 Å². The monoisotopic (exact) mass is 424 g/mol. The van der Waals surface area contributed by atoms with Crippen LogP contribution >= 0.6 is 0 Å². The second kappa shape index (κ2) is 8.68. The van der Waals surface area contributed by atoms with Gasteiger partial charge in [-0.2, -0.15) is 13.2 Å². The van der Waals surface area contributed by atoms with Crippen molar-refractivity contribution in [2.24, 2.45) is 4.99 Å². The van der Waals surface area contributed by atoms with Gasteiger partial charge < -0.3 is 19.3 Å². The Labute approximate surface area is 169 Å². The average molecular weight is 424 g/mol. The molecule has 0 aromatic carbocycles. The molecule has 3 heterocycles. The molecule has 160 valence electrons. The van der Waals surface area contributed by atoms with Crippen LogP contribution in [0.5, 0.6) is 0 Å². The van der Waals surface area contributed by atoms with Gasteiger partial charge in [-0.15, -0.1) is 0 Å². The highest BCUT2D eigenvalue weighted by Crippen LogP contribution is 2.34. The van der Waals surface area contributed by atoms with Gasteiger partial charge in [0.05, 0.1) is 30.0 Å². The van der Waals surface area contributed by atoms with Crippen molar-refractivity contribution in [1.29, 1.82) is 0 Å². The van der Waals surface area contributed by atoms with Gasteiger partial charge in [-0.1, -0.05) is 0 Å². The molecule has 1 fully saturated rings. The summed E-state index contributed by atoms with van der Waals surface area (Å²) in [7, 11) is 3.53. The maximum absolute atomic E-state index is 12.4. The topological polar surface area (TPSA) is 105 Å². The van der Waals surface area contributed by atoms with Crippen molar-refractivity contribution in [3.8, 4) is 12.0 Å². The van der Waals surface area contributed by atoms with E-state index in [0.717, 1.165) is 0 Å². The zero-order valence-electron chi connectivity index (χ0n) is 16.1. The molecule has 1 amide bonds. The van der Waals surface area contributed by atoms with Crippen LogP contribution in [-0.2, 0) is 9.53 Å². The third-order valence-corrected chi connectivity index (χ3v) is 4.23. The smallest absolute Gasteiger partial charge is 0.394 e. The van der Waals surface area contributed by atoms with Gasteiger partial charge in [0.2, 0.25) is 0 Å². The van der Waals surface area contributed by atoms with Crippen LogP contribution in [0.1, 0.15) is 24.6 Å². The van der Waals surface area contributed by atoms with E-state index in [1.54, 1.807) is 29.8 Å². The number of ether oxygens (including phenoxy) is 1. The Morgan fingerprint density at radius 2 is 2.23 bits per heavy atom. The Hall–Kier alpha value is -3.17. The van der Waals surface area contributed by atoms with Crippen molar-refractivity contribution >= 4 is 29.1 Å². The average Bonchev–Trinajstić information content (AvgIpc) is 3.30. The molecule has 30 heavy (non-hydrogen) atoms. The number of hydrogen-bond acceptors (Lipinski definition) is 6. The van der Waals surface area contributed by atoms with Crippen molar-refractivity contribution in [3.05, 3.63) is 18.1 Å². The minimum atomic E-state index is -5.04. The van der Waals surface area contributed by atoms with E-state index in [1.165, 1.54) is 18.0 Å². The quantitative estimate of drug-likeness (QED) is 0.332. The van der Waals surface area contributed by atoms with E-state index in [2.05, 4.69) is 20.9 Å². The Morgan fingerprint density at radius 3 is 2.87 bits per heavy atom. The lowest BCUT2D eigenvalue weighted by atomic mass is 10.2. The van der Waals surface area contributed by atoms with Gasteiger partial charge >= 0.3 is 12.1 Å². The molecule has 0 spiro atoms. The number of nitrogens with zero attached hydrogens (tertiary/aromatic N) is 5. The molecule has 1 aliphatic rings. The number of carbonyl (C=O) groups is 1. The van der Waals surface area contributed by atoms with E-state index in [9.17, 15) is 23.1 Å². The molecule has 2 aromatic rings. The van der Waals surface area contributed by atoms with Gasteiger partial charge in [0, 0.05) is 26.3 Å². The maximum Gasteiger partial charge on any atom is 0.472 e. The first-order chi connectivity index (χ1) is 14.2. The van der Waals surface area contributed by atoms with Gasteiger partial charge in [-0.25, -0.2) is 15.0 Å². The summed E-state index contributed by atoms with van der Waals surface area (Å²) in [5.74, 6) is 0.611. The van der Waals surface area contributed by atoms with Crippen LogP contribution in [0, 0.1) is 12.0 Å². The van der Waals surface area contributed by atoms with Crippen molar-refractivity contribution in [2.75, 3.05) is 20.7 Å². The summed E-state index contributed by atoms with van der Waals surface area (Å²) in [6.07, 6.45) is -0.174. The second-order valence-corrected chi connectivity index (χ2v) is 6.73. The Bertz CT molecular complexity index is 1020. The molecule has 0 saturated carbocycles. The Kier molecular flexibility index (Phi) is 6.23. The zero-order chi connectivity index (χ0) is 21.9. The van der Waals surface area contributed by atoms with E-state index in [4.69, 9.17) is 4.74 Å². The Morgan fingerprint density at radius 1 is 1.47 bits per heavy atom. The molecule has 3 rings (SSSR count). The normalized spacial score (nSPS) is 19.1. The fourth-order valence-electron chi connectivity index (χ4n) is 2.90. The largest absolute Gasteiger partial charge is 0.472 e. The number of aliphatic hydroxyl groups excluding tert-OH is 1. The lowest BCUT2D eigenvalue weighted by Crippen LogP contribution is -2.33. The van der Waals surface area contributed by atoms with Crippen LogP contribution in [0.2, 0.25) is 0 Å². The number of aliphatic imine (C=N–C) groups is 1. The minimum Gasteiger partial charge on any atom is -0.394 e. The van der Waals surface area contributed by atoms with Gasteiger partial charge in [0.15, 0.2) is 5.82 Å². The zero-order valence-corrected chi connectivity index (χ0v) is 16.1. The molecule has 2 aromatic heterocycles. The van der Waals surface area contributed by atoms with E-state index in [0.29, 0.717) is 23.9 Å². The van der Waals surface area contributed by atoms with Crippen LogP contribution in [0.3, 0.4) is 0 Å². The number of nitrogens with one attached hydrogen (secondary N) is 1. The summed E-state index contributed by atoms with van der Waals surface area (Å²) >= 11 is 0. The molecule has 9 nitrogen and oxygen atoms in total. The van der Waals surface area contributed by atoms with Crippen LogP contribution in [0.4, 0.5) is 19.0 Å². The summed E-state index contributed by atoms with van der Waals surface area (Å²) in [5.41, 5.74) is 0.695. The predicted octanol–water partition coefficient (Wildman–Crippen LogP) is 1.31. The number of hydrogen-bond donors (Lipinski definition) is 2. The standard InChI is InChI=1S/C18H19F3N6O3/c1-26(2)10-25-15-14-11(5-6-22-17(29)18(19,20)21)7-27(16(14)24-9-23-15)13-4-3-12(8-28)30-13/h7,9-10,12-13,28H,3-4,8H2,1-2H3,(H,22,29)/t12-,13+/m0/s1.